The number of aryl methyl sites for hydroxylation is 1. The molecule has 0 radical (unpaired) electrons. The van der Waals surface area contributed by atoms with Gasteiger partial charge in [0.1, 0.15) is 0 Å². The van der Waals surface area contributed by atoms with Crippen molar-refractivity contribution in [3.63, 3.8) is 0 Å². The summed E-state index contributed by atoms with van der Waals surface area (Å²) in [5.74, 6) is 2.28. The largest absolute Gasteiger partial charge is 0.373 e. The maximum Gasteiger partial charge on any atom is 0.190 e. The number of hydrogen-bond donors (Lipinski definition) is 2. The van der Waals surface area contributed by atoms with E-state index >= 15 is 0 Å². The predicted molar refractivity (Wildman–Crippen MR) is 121 cm³/mol. The minimum atomic E-state index is 0.177. The molecule has 2 N–H and O–H groups in total. The van der Waals surface area contributed by atoms with Gasteiger partial charge in [0, 0.05) is 32.7 Å². The molecule has 1 aromatic carbocycles. The van der Waals surface area contributed by atoms with E-state index in [4.69, 9.17) is 4.74 Å². The van der Waals surface area contributed by atoms with Crippen LogP contribution in [-0.4, -0.2) is 57.2 Å². The van der Waals surface area contributed by atoms with E-state index in [9.17, 15) is 0 Å². The molecule has 0 aromatic heterocycles. The molecule has 2 unspecified atom stereocenters. The molecule has 5 heteroatoms. The minimum Gasteiger partial charge on any atom is -0.373 e. The zero-order valence-corrected chi connectivity index (χ0v) is 18.6. The minimum absolute atomic E-state index is 0.177. The molecule has 0 aliphatic carbocycles. The summed E-state index contributed by atoms with van der Waals surface area (Å²) in [5, 5.41) is 7.03. The average Bonchev–Trinajstić information content (AvgIpc) is 2.75. The van der Waals surface area contributed by atoms with Crippen molar-refractivity contribution >= 4 is 5.96 Å². The number of ether oxygens (including phenoxy) is 1. The van der Waals surface area contributed by atoms with E-state index in [-0.39, 0.29) is 6.10 Å². The van der Waals surface area contributed by atoms with Crippen molar-refractivity contribution in [2.75, 3.05) is 46.4 Å². The Morgan fingerprint density at radius 2 is 1.90 bits per heavy atom. The molecule has 2 saturated heterocycles. The monoisotopic (exact) mass is 400 g/mol. The molecule has 0 spiro atoms. The Balaban J connectivity index is 1.40. The fraction of sp³-hybridized carbons (Fsp3) is 0.708. The third-order valence-electron chi connectivity index (χ3n) is 6.43. The molecular weight excluding hydrogens is 360 g/mol. The third-order valence-corrected chi connectivity index (χ3v) is 6.43. The summed E-state index contributed by atoms with van der Waals surface area (Å²) in [6, 6.07) is 8.79. The topological polar surface area (TPSA) is 48.9 Å². The van der Waals surface area contributed by atoms with Gasteiger partial charge in [0.2, 0.25) is 0 Å². The predicted octanol–water partition coefficient (Wildman–Crippen LogP) is 3.75. The molecule has 2 atom stereocenters. The summed E-state index contributed by atoms with van der Waals surface area (Å²) in [7, 11) is 1.86. The number of nitrogens with one attached hydrogen (secondary N) is 2. The second-order valence-corrected chi connectivity index (χ2v) is 8.86. The fourth-order valence-electron chi connectivity index (χ4n) is 4.42. The molecule has 2 fully saturated rings. The lowest BCUT2D eigenvalue weighted by molar-refractivity contribution is -0.0265. The van der Waals surface area contributed by atoms with E-state index in [2.05, 4.69) is 58.6 Å². The highest BCUT2D eigenvalue weighted by molar-refractivity contribution is 5.79. The first-order valence-electron chi connectivity index (χ1n) is 11.5. The van der Waals surface area contributed by atoms with Crippen molar-refractivity contribution < 1.29 is 4.74 Å². The summed E-state index contributed by atoms with van der Waals surface area (Å²) in [4.78, 5) is 7.02. The van der Waals surface area contributed by atoms with Gasteiger partial charge >= 0.3 is 0 Å². The van der Waals surface area contributed by atoms with Crippen molar-refractivity contribution in [2.24, 2.45) is 16.8 Å². The summed E-state index contributed by atoms with van der Waals surface area (Å²) >= 11 is 0. The first-order valence-corrected chi connectivity index (χ1v) is 11.5. The molecule has 0 amide bonds. The van der Waals surface area contributed by atoms with Crippen molar-refractivity contribution in [2.45, 2.75) is 52.1 Å². The first-order chi connectivity index (χ1) is 14.2. The van der Waals surface area contributed by atoms with Crippen molar-refractivity contribution in [3.8, 4) is 0 Å². The summed E-state index contributed by atoms with van der Waals surface area (Å²) in [5.41, 5.74) is 2.59. The highest BCUT2D eigenvalue weighted by Crippen LogP contribution is 2.33. The average molecular weight is 401 g/mol. The van der Waals surface area contributed by atoms with Gasteiger partial charge in [-0.25, -0.2) is 0 Å². The summed E-state index contributed by atoms with van der Waals surface area (Å²) in [6.45, 7) is 10.9. The van der Waals surface area contributed by atoms with Gasteiger partial charge in [-0.15, -0.1) is 0 Å². The van der Waals surface area contributed by atoms with Crippen molar-refractivity contribution in [1.29, 1.82) is 0 Å². The van der Waals surface area contributed by atoms with E-state index in [0.717, 1.165) is 44.4 Å². The van der Waals surface area contributed by atoms with Gasteiger partial charge < -0.3 is 20.3 Å². The van der Waals surface area contributed by atoms with Crippen LogP contribution in [0, 0.1) is 18.8 Å². The molecule has 2 aliphatic heterocycles. The zero-order valence-electron chi connectivity index (χ0n) is 18.6. The smallest absolute Gasteiger partial charge is 0.190 e. The van der Waals surface area contributed by atoms with Gasteiger partial charge in [0.25, 0.3) is 0 Å². The Hall–Kier alpha value is -1.59. The maximum atomic E-state index is 6.15. The Kier molecular flexibility index (Phi) is 8.81. The second-order valence-electron chi connectivity index (χ2n) is 8.86. The normalized spacial score (nSPS) is 24.4. The van der Waals surface area contributed by atoms with Crippen LogP contribution in [0.3, 0.4) is 0 Å². The molecule has 0 saturated carbocycles. The van der Waals surface area contributed by atoms with E-state index in [1.807, 2.05) is 7.05 Å². The molecule has 2 heterocycles. The lowest BCUT2D eigenvalue weighted by Crippen LogP contribution is -2.43. The molecular formula is C24H40N4O. The van der Waals surface area contributed by atoms with E-state index in [1.54, 1.807) is 0 Å². The van der Waals surface area contributed by atoms with Crippen LogP contribution in [0.25, 0.3) is 0 Å². The molecule has 5 nitrogen and oxygen atoms in total. The maximum absolute atomic E-state index is 6.15. The van der Waals surface area contributed by atoms with Gasteiger partial charge in [0.15, 0.2) is 5.96 Å². The van der Waals surface area contributed by atoms with E-state index < -0.39 is 0 Å². The van der Waals surface area contributed by atoms with Gasteiger partial charge in [-0.3, -0.25) is 4.99 Å². The Morgan fingerprint density at radius 3 is 2.62 bits per heavy atom. The fourth-order valence-corrected chi connectivity index (χ4v) is 4.42. The third kappa shape index (κ3) is 7.00. The van der Waals surface area contributed by atoms with Crippen molar-refractivity contribution in [3.05, 3.63) is 35.4 Å². The molecule has 1 aromatic rings. The first kappa shape index (κ1) is 22.1. The number of guanidine groups is 1. The van der Waals surface area contributed by atoms with Crippen LogP contribution < -0.4 is 10.6 Å². The van der Waals surface area contributed by atoms with Gasteiger partial charge in [-0.1, -0.05) is 36.8 Å². The van der Waals surface area contributed by atoms with Crippen LogP contribution in [0.1, 0.15) is 56.3 Å². The standard InChI is InChI=1S/C24H40N4O/c1-19-7-9-21(10-8-19)23-22(6-4-17-29-23)18-27-24(25-3)26-13-5-14-28-15-11-20(2)12-16-28/h7-10,20,22-23H,4-6,11-18H2,1-3H3,(H2,25,26,27). The highest BCUT2D eigenvalue weighted by atomic mass is 16.5. The molecule has 29 heavy (non-hydrogen) atoms. The van der Waals surface area contributed by atoms with Crippen LogP contribution in [0.5, 0.6) is 0 Å². The molecule has 3 rings (SSSR count). The Morgan fingerprint density at radius 1 is 1.14 bits per heavy atom. The SMILES string of the molecule is CN=C(NCCCN1CCC(C)CC1)NCC1CCCOC1c1ccc(C)cc1. The number of hydrogen-bond acceptors (Lipinski definition) is 3. The lowest BCUT2D eigenvalue weighted by atomic mass is 9.89. The summed E-state index contributed by atoms with van der Waals surface area (Å²) in [6.07, 6.45) is 6.36. The van der Waals surface area contributed by atoms with Crippen LogP contribution in [-0.2, 0) is 4.74 Å². The van der Waals surface area contributed by atoms with Gasteiger partial charge in [0.05, 0.1) is 6.10 Å². The molecule has 2 aliphatic rings. The summed E-state index contributed by atoms with van der Waals surface area (Å²) < 4.78 is 6.15. The van der Waals surface area contributed by atoms with E-state index in [0.29, 0.717) is 5.92 Å². The highest BCUT2D eigenvalue weighted by Gasteiger charge is 2.27. The lowest BCUT2D eigenvalue weighted by Gasteiger charge is -2.33. The van der Waals surface area contributed by atoms with Crippen LogP contribution in [0.4, 0.5) is 0 Å². The number of nitrogens with zero attached hydrogens (tertiary/aromatic N) is 2. The van der Waals surface area contributed by atoms with E-state index in [1.165, 1.54) is 50.0 Å². The van der Waals surface area contributed by atoms with Gasteiger partial charge in [-0.2, -0.15) is 0 Å². The number of aliphatic imine (C=N–C) groups is 1. The molecule has 162 valence electrons. The Labute approximate surface area is 177 Å². The second kappa shape index (κ2) is 11.6. The Bertz CT molecular complexity index is 622. The van der Waals surface area contributed by atoms with Crippen LogP contribution >= 0.6 is 0 Å². The van der Waals surface area contributed by atoms with Gasteiger partial charge in [-0.05, 0) is 70.1 Å². The number of piperidine rings is 1. The number of rotatable bonds is 7. The quantitative estimate of drug-likeness (QED) is 0.416. The molecule has 0 bridgehead atoms. The van der Waals surface area contributed by atoms with Crippen LogP contribution in [0.2, 0.25) is 0 Å². The van der Waals surface area contributed by atoms with Crippen LogP contribution in [0.15, 0.2) is 29.3 Å². The number of likely N-dealkylation sites (tertiary alicyclic amines) is 1. The number of benzene rings is 1. The van der Waals surface area contributed by atoms with Crippen molar-refractivity contribution in [1.82, 2.24) is 15.5 Å². The zero-order chi connectivity index (χ0) is 20.5.